The maximum absolute atomic E-state index is 13.8. The van der Waals surface area contributed by atoms with Crippen LogP contribution >= 0.6 is 11.6 Å². The van der Waals surface area contributed by atoms with E-state index in [2.05, 4.69) is 0 Å². The lowest BCUT2D eigenvalue weighted by atomic mass is 9.94. The predicted octanol–water partition coefficient (Wildman–Crippen LogP) is 5.05. The standard InChI is InChI=1S/C26H19ClFNO5/c1-33-18-4-2-3-15(12-18)23-22(24(30)16-5-8-21-14(11-16)9-10-34-21)25(31)26(32)29(23)17-6-7-20(28)19(27)13-17/h2-8,11-13,23,30H,9-10H2,1H3/b24-22-. The summed E-state index contributed by atoms with van der Waals surface area (Å²) in [5.74, 6) is -1.45. The van der Waals surface area contributed by atoms with Crippen molar-refractivity contribution in [1.29, 1.82) is 0 Å². The quantitative estimate of drug-likeness (QED) is 0.322. The van der Waals surface area contributed by atoms with Crippen molar-refractivity contribution < 1.29 is 28.6 Å². The molecule has 0 spiro atoms. The minimum Gasteiger partial charge on any atom is -0.507 e. The van der Waals surface area contributed by atoms with E-state index in [9.17, 15) is 19.1 Å². The smallest absolute Gasteiger partial charge is 0.300 e. The van der Waals surface area contributed by atoms with Gasteiger partial charge < -0.3 is 14.6 Å². The molecule has 1 saturated heterocycles. The molecule has 5 rings (SSSR count). The second-order valence-electron chi connectivity index (χ2n) is 7.97. The second kappa shape index (κ2) is 8.50. The van der Waals surface area contributed by atoms with Crippen molar-refractivity contribution >= 4 is 34.7 Å². The van der Waals surface area contributed by atoms with Crippen molar-refractivity contribution in [2.24, 2.45) is 0 Å². The molecule has 2 aliphatic rings. The zero-order chi connectivity index (χ0) is 24.0. The normalized spacial score (nSPS) is 18.7. The molecule has 1 unspecified atom stereocenters. The minimum atomic E-state index is -0.985. The van der Waals surface area contributed by atoms with Crippen LogP contribution in [0.3, 0.4) is 0 Å². The number of ketones is 1. The van der Waals surface area contributed by atoms with Crippen LogP contribution in [-0.4, -0.2) is 30.5 Å². The summed E-state index contributed by atoms with van der Waals surface area (Å²) < 4.78 is 24.7. The number of rotatable bonds is 4. The van der Waals surface area contributed by atoms with E-state index in [0.717, 1.165) is 17.4 Å². The highest BCUT2D eigenvalue weighted by Crippen LogP contribution is 2.44. The van der Waals surface area contributed by atoms with E-state index in [1.54, 1.807) is 42.5 Å². The molecule has 2 heterocycles. The summed E-state index contributed by atoms with van der Waals surface area (Å²) in [6.07, 6.45) is 0.679. The van der Waals surface area contributed by atoms with Gasteiger partial charge in [0, 0.05) is 17.7 Å². The zero-order valence-electron chi connectivity index (χ0n) is 18.0. The maximum Gasteiger partial charge on any atom is 0.300 e. The first-order valence-electron chi connectivity index (χ1n) is 10.5. The number of benzene rings is 3. The molecule has 1 N–H and O–H groups in total. The number of anilines is 1. The van der Waals surface area contributed by atoms with Crippen LogP contribution in [0.5, 0.6) is 11.5 Å². The Morgan fingerprint density at radius 1 is 1.15 bits per heavy atom. The molecule has 0 radical (unpaired) electrons. The summed E-state index contributed by atoms with van der Waals surface area (Å²) in [4.78, 5) is 27.7. The fraction of sp³-hybridized carbons (Fsp3) is 0.154. The van der Waals surface area contributed by atoms with E-state index < -0.39 is 23.5 Å². The Kier molecular flexibility index (Phi) is 5.49. The predicted molar refractivity (Wildman–Crippen MR) is 125 cm³/mol. The number of carbonyl (C=O) groups is 2. The Morgan fingerprint density at radius 2 is 1.97 bits per heavy atom. The third-order valence-corrected chi connectivity index (χ3v) is 6.29. The molecule has 3 aromatic carbocycles. The Bertz CT molecular complexity index is 1370. The molecule has 34 heavy (non-hydrogen) atoms. The van der Waals surface area contributed by atoms with Gasteiger partial charge in [0.1, 0.15) is 23.1 Å². The first kappa shape index (κ1) is 22.0. The molecular weight excluding hydrogens is 461 g/mol. The molecule has 0 aromatic heterocycles. The summed E-state index contributed by atoms with van der Waals surface area (Å²) >= 11 is 5.98. The lowest BCUT2D eigenvalue weighted by Gasteiger charge is -2.26. The molecule has 0 aliphatic carbocycles. The van der Waals surface area contributed by atoms with Crippen LogP contribution < -0.4 is 14.4 Å². The fourth-order valence-electron chi connectivity index (χ4n) is 4.35. The Balaban J connectivity index is 1.72. The van der Waals surface area contributed by atoms with Gasteiger partial charge in [0.05, 0.1) is 30.4 Å². The number of carbonyl (C=O) groups excluding carboxylic acids is 2. The number of amides is 1. The lowest BCUT2D eigenvalue weighted by Crippen LogP contribution is -2.29. The number of Topliss-reactive ketones (excluding diaryl/α,β-unsaturated/α-hetero) is 1. The number of hydrogen-bond donors (Lipinski definition) is 1. The number of aliphatic hydroxyl groups excluding tert-OH is 1. The number of methoxy groups -OCH3 is 1. The van der Waals surface area contributed by atoms with Gasteiger partial charge in [-0.3, -0.25) is 14.5 Å². The van der Waals surface area contributed by atoms with Crippen molar-refractivity contribution in [3.05, 3.63) is 93.8 Å². The van der Waals surface area contributed by atoms with Gasteiger partial charge in [-0.15, -0.1) is 0 Å². The van der Waals surface area contributed by atoms with Gasteiger partial charge in [-0.2, -0.15) is 0 Å². The van der Waals surface area contributed by atoms with E-state index in [1.807, 2.05) is 0 Å². The van der Waals surface area contributed by atoms with Crippen molar-refractivity contribution in [2.75, 3.05) is 18.6 Å². The summed E-state index contributed by atoms with van der Waals surface area (Å²) in [7, 11) is 1.50. The number of hydrogen-bond acceptors (Lipinski definition) is 5. The van der Waals surface area contributed by atoms with E-state index >= 15 is 0 Å². The molecule has 8 heteroatoms. The van der Waals surface area contributed by atoms with Crippen molar-refractivity contribution in [3.63, 3.8) is 0 Å². The van der Waals surface area contributed by atoms with Crippen molar-refractivity contribution in [3.8, 4) is 11.5 Å². The molecule has 0 bridgehead atoms. The molecule has 1 fully saturated rings. The largest absolute Gasteiger partial charge is 0.507 e. The third kappa shape index (κ3) is 3.58. The summed E-state index contributed by atoms with van der Waals surface area (Å²) in [6.45, 7) is 0.541. The first-order chi connectivity index (χ1) is 16.4. The first-order valence-corrected chi connectivity index (χ1v) is 10.9. The van der Waals surface area contributed by atoms with Crippen LogP contribution in [0.2, 0.25) is 5.02 Å². The molecule has 1 atom stereocenters. The third-order valence-electron chi connectivity index (χ3n) is 6.00. The molecular formula is C26H19ClFNO5. The number of ether oxygens (including phenoxy) is 2. The van der Waals surface area contributed by atoms with Crippen molar-refractivity contribution in [2.45, 2.75) is 12.5 Å². The Hall–Kier alpha value is -3.84. The van der Waals surface area contributed by atoms with Gasteiger partial charge in [0.15, 0.2) is 0 Å². The molecule has 172 valence electrons. The molecule has 0 saturated carbocycles. The highest BCUT2D eigenvalue weighted by atomic mass is 35.5. The zero-order valence-corrected chi connectivity index (χ0v) is 18.8. The van der Waals surface area contributed by atoms with Crippen LogP contribution in [-0.2, 0) is 16.0 Å². The van der Waals surface area contributed by atoms with Gasteiger partial charge in [-0.1, -0.05) is 23.7 Å². The van der Waals surface area contributed by atoms with E-state index in [4.69, 9.17) is 21.1 Å². The van der Waals surface area contributed by atoms with E-state index in [1.165, 1.54) is 24.1 Å². The highest BCUT2D eigenvalue weighted by molar-refractivity contribution is 6.51. The molecule has 6 nitrogen and oxygen atoms in total. The van der Waals surface area contributed by atoms with Crippen molar-refractivity contribution in [1.82, 2.24) is 0 Å². The van der Waals surface area contributed by atoms with E-state index in [0.29, 0.717) is 29.9 Å². The summed E-state index contributed by atoms with van der Waals surface area (Å²) in [5.41, 5.74) is 1.97. The average Bonchev–Trinajstić information content (AvgIpc) is 3.42. The van der Waals surface area contributed by atoms with Gasteiger partial charge >= 0.3 is 0 Å². The Morgan fingerprint density at radius 3 is 2.74 bits per heavy atom. The minimum absolute atomic E-state index is 0.0856. The number of aliphatic hydroxyl groups is 1. The van der Waals surface area contributed by atoms with Gasteiger partial charge in [0.25, 0.3) is 11.7 Å². The molecule has 2 aliphatic heterocycles. The fourth-order valence-corrected chi connectivity index (χ4v) is 4.52. The summed E-state index contributed by atoms with van der Waals surface area (Å²) in [6, 6.07) is 14.8. The maximum atomic E-state index is 13.8. The second-order valence-corrected chi connectivity index (χ2v) is 8.37. The number of nitrogens with zero attached hydrogens (tertiary/aromatic N) is 1. The SMILES string of the molecule is COc1cccc(C2/C(=C(/O)c3ccc4c(c3)CCO4)C(=O)C(=O)N2c2ccc(F)c(Cl)c2)c1. The van der Waals surface area contributed by atoms with Crippen LogP contribution in [0.1, 0.15) is 22.7 Å². The summed E-state index contributed by atoms with van der Waals surface area (Å²) in [5, 5.41) is 11.1. The van der Waals surface area contributed by atoms with Crippen LogP contribution in [0, 0.1) is 5.82 Å². The Labute approximate surface area is 199 Å². The van der Waals surface area contributed by atoms with Gasteiger partial charge in [-0.25, -0.2) is 4.39 Å². The number of halogens is 2. The molecule has 3 aromatic rings. The van der Waals surface area contributed by atoms with Crippen LogP contribution in [0.25, 0.3) is 5.76 Å². The topological polar surface area (TPSA) is 76.1 Å². The van der Waals surface area contributed by atoms with Crippen LogP contribution in [0.4, 0.5) is 10.1 Å². The monoisotopic (exact) mass is 479 g/mol. The molecule has 1 amide bonds. The number of fused-ring (bicyclic) bond motifs is 1. The lowest BCUT2D eigenvalue weighted by molar-refractivity contribution is -0.132. The highest BCUT2D eigenvalue weighted by Gasteiger charge is 2.47. The average molecular weight is 480 g/mol. The van der Waals surface area contributed by atoms with Gasteiger partial charge in [0.2, 0.25) is 0 Å². The van der Waals surface area contributed by atoms with Crippen LogP contribution in [0.15, 0.2) is 66.2 Å². The van der Waals surface area contributed by atoms with Gasteiger partial charge in [-0.05, 0) is 59.7 Å². The van der Waals surface area contributed by atoms with E-state index in [-0.39, 0.29) is 22.0 Å².